The lowest BCUT2D eigenvalue weighted by molar-refractivity contribution is 0.918. The van der Waals surface area contributed by atoms with E-state index in [1.165, 1.54) is 10.9 Å². The Morgan fingerprint density at radius 2 is 1.85 bits per heavy atom. The topological polar surface area (TPSA) is 19.4 Å². The summed E-state index contributed by atoms with van der Waals surface area (Å²) in [5.41, 5.74) is 3.32. The van der Waals surface area contributed by atoms with Gasteiger partial charge in [0.1, 0.15) is 0 Å². The van der Waals surface area contributed by atoms with E-state index in [-0.39, 0.29) is 0 Å². The summed E-state index contributed by atoms with van der Waals surface area (Å²) in [6.07, 6.45) is 3.73. The molecular weight excluding hydrogens is 270 g/mol. The van der Waals surface area contributed by atoms with Crippen molar-refractivity contribution in [2.45, 2.75) is 6.54 Å². The van der Waals surface area contributed by atoms with Crippen molar-refractivity contribution in [1.29, 1.82) is 0 Å². The lowest BCUT2D eigenvalue weighted by Crippen LogP contribution is -2.29. The molecule has 2 heterocycles. The van der Waals surface area contributed by atoms with Gasteiger partial charge in [-0.15, -0.1) is 0 Å². The highest BCUT2D eigenvalue weighted by molar-refractivity contribution is 6.28. The van der Waals surface area contributed by atoms with Gasteiger partial charge in [-0.2, -0.15) is 4.53 Å². The van der Waals surface area contributed by atoms with Crippen LogP contribution in [0.15, 0.2) is 60.9 Å². The predicted molar refractivity (Wildman–Crippen MR) is 82.7 cm³/mol. The zero-order valence-corrected chi connectivity index (χ0v) is 11.5. The molecule has 3 nitrogen and oxygen atoms in total. The molecule has 0 fully saturated rings. The Labute approximate surface area is 122 Å². The number of anilines is 2. The number of hydrogen-bond donors (Lipinski definition) is 0. The van der Waals surface area contributed by atoms with Gasteiger partial charge in [-0.3, -0.25) is 9.99 Å². The molecule has 0 N–H and O–H groups in total. The number of para-hydroxylation sites is 1. The van der Waals surface area contributed by atoms with Crippen molar-refractivity contribution in [1.82, 2.24) is 4.98 Å². The summed E-state index contributed by atoms with van der Waals surface area (Å²) in [7, 11) is 0. The SMILES string of the molecule is ClN1c2ccc3ccncc3c2CN1c1ccccc1. The number of nitrogens with zero attached hydrogens (tertiary/aromatic N) is 3. The van der Waals surface area contributed by atoms with Crippen molar-refractivity contribution < 1.29 is 0 Å². The molecule has 4 rings (SSSR count). The highest BCUT2D eigenvalue weighted by atomic mass is 35.5. The van der Waals surface area contributed by atoms with Crippen molar-refractivity contribution in [3.8, 4) is 0 Å². The van der Waals surface area contributed by atoms with E-state index >= 15 is 0 Å². The van der Waals surface area contributed by atoms with Crippen LogP contribution < -0.4 is 9.54 Å². The molecule has 1 aliphatic rings. The molecule has 3 aromatic rings. The molecule has 0 spiro atoms. The average molecular weight is 282 g/mol. The van der Waals surface area contributed by atoms with Crippen LogP contribution in [0.1, 0.15) is 5.56 Å². The normalized spacial score (nSPS) is 13.8. The van der Waals surface area contributed by atoms with E-state index in [4.69, 9.17) is 11.8 Å². The molecule has 0 aliphatic carbocycles. The van der Waals surface area contributed by atoms with Gasteiger partial charge < -0.3 is 0 Å². The minimum absolute atomic E-state index is 0.756. The van der Waals surface area contributed by atoms with E-state index < -0.39 is 0 Å². The third-order valence-electron chi connectivity index (χ3n) is 3.68. The van der Waals surface area contributed by atoms with E-state index in [2.05, 4.69) is 34.3 Å². The molecule has 2 aromatic carbocycles. The summed E-state index contributed by atoms with van der Waals surface area (Å²) >= 11 is 6.48. The lowest BCUT2D eigenvalue weighted by Gasteiger charge is -2.24. The predicted octanol–water partition coefficient (Wildman–Crippen LogP) is 4.13. The Bertz CT molecular complexity index is 773. The first-order chi connectivity index (χ1) is 9.84. The van der Waals surface area contributed by atoms with Crippen LogP contribution in [0.3, 0.4) is 0 Å². The Balaban J connectivity index is 1.86. The van der Waals surface area contributed by atoms with Crippen LogP contribution in [0.5, 0.6) is 0 Å². The first-order valence-corrected chi connectivity index (χ1v) is 6.82. The second-order valence-corrected chi connectivity index (χ2v) is 5.13. The average Bonchev–Trinajstić information content (AvgIpc) is 2.86. The molecule has 0 amide bonds. The molecule has 20 heavy (non-hydrogen) atoms. The monoisotopic (exact) mass is 281 g/mol. The number of aromatic nitrogens is 1. The summed E-state index contributed by atoms with van der Waals surface area (Å²) in [4.78, 5) is 4.23. The summed E-state index contributed by atoms with van der Waals surface area (Å²) in [5.74, 6) is 0. The highest BCUT2D eigenvalue weighted by Crippen LogP contribution is 2.39. The summed E-state index contributed by atoms with van der Waals surface area (Å²) in [6.45, 7) is 0.756. The lowest BCUT2D eigenvalue weighted by atomic mass is 10.1. The van der Waals surface area contributed by atoms with E-state index in [0.29, 0.717) is 0 Å². The Kier molecular flexibility index (Phi) is 2.54. The number of rotatable bonds is 1. The van der Waals surface area contributed by atoms with Gasteiger partial charge in [-0.05, 0) is 29.7 Å². The smallest absolute Gasteiger partial charge is 0.0820 e. The van der Waals surface area contributed by atoms with Crippen LogP contribution in [0, 0.1) is 0 Å². The van der Waals surface area contributed by atoms with Crippen molar-refractivity contribution in [2.24, 2.45) is 0 Å². The van der Waals surface area contributed by atoms with Gasteiger partial charge in [-0.25, -0.2) is 0 Å². The molecular formula is C16H12ClN3. The molecule has 0 bridgehead atoms. The number of benzene rings is 2. The van der Waals surface area contributed by atoms with Crippen LogP contribution in [-0.2, 0) is 6.54 Å². The van der Waals surface area contributed by atoms with Crippen molar-refractivity contribution >= 4 is 33.9 Å². The van der Waals surface area contributed by atoms with Crippen molar-refractivity contribution in [3.63, 3.8) is 0 Å². The minimum atomic E-state index is 0.756. The first-order valence-electron chi connectivity index (χ1n) is 6.48. The van der Waals surface area contributed by atoms with Gasteiger partial charge in [0.25, 0.3) is 0 Å². The summed E-state index contributed by atoms with van der Waals surface area (Å²) in [6, 6.07) is 16.3. The molecule has 0 atom stereocenters. The van der Waals surface area contributed by atoms with Gasteiger partial charge in [0.2, 0.25) is 0 Å². The van der Waals surface area contributed by atoms with Crippen molar-refractivity contribution in [3.05, 3.63) is 66.5 Å². The van der Waals surface area contributed by atoms with Crippen LogP contribution >= 0.6 is 11.8 Å². The Morgan fingerprint density at radius 3 is 2.70 bits per heavy atom. The number of hydrogen-bond acceptors (Lipinski definition) is 3. The van der Waals surface area contributed by atoms with Gasteiger partial charge in [0.05, 0.1) is 17.9 Å². The number of fused-ring (bicyclic) bond motifs is 3. The summed E-state index contributed by atoms with van der Waals surface area (Å²) in [5, 5.41) is 4.41. The van der Waals surface area contributed by atoms with Crippen LogP contribution in [-0.4, -0.2) is 4.98 Å². The maximum absolute atomic E-state index is 6.48. The van der Waals surface area contributed by atoms with Gasteiger partial charge in [0.15, 0.2) is 0 Å². The van der Waals surface area contributed by atoms with E-state index in [1.54, 1.807) is 4.53 Å². The van der Waals surface area contributed by atoms with Gasteiger partial charge in [0, 0.05) is 35.1 Å². The fourth-order valence-corrected chi connectivity index (χ4v) is 2.98. The molecule has 1 aliphatic heterocycles. The Hall–Kier alpha value is -2.26. The number of halogens is 1. The third kappa shape index (κ3) is 1.63. The number of hydrazine groups is 1. The molecule has 1 aromatic heterocycles. The summed E-state index contributed by atoms with van der Waals surface area (Å²) < 4.78 is 1.69. The fraction of sp³-hybridized carbons (Fsp3) is 0.0625. The standard InChI is InChI=1S/C16H12ClN3/c17-20-16-7-6-12-8-9-18-10-14(12)15(16)11-19(20)13-4-2-1-3-5-13/h1-10H,11H2. The highest BCUT2D eigenvalue weighted by Gasteiger charge is 2.27. The molecule has 0 saturated carbocycles. The molecule has 98 valence electrons. The third-order valence-corrected chi connectivity index (χ3v) is 4.05. The molecule has 4 heteroatoms. The fourth-order valence-electron chi connectivity index (χ4n) is 2.68. The van der Waals surface area contributed by atoms with Crippen molar-refractivity contribution in [2.75, 3.05) is 9.54 Å². The first kappa shape index (κ1) is 11.6. The quantitative estimate of drug-likeness (QED) is 0.625. The van der Waals surface area contributed by atoms with E-state index in [1.807, 2.05) is 36.7 Å². The second kappa shape index (κ2) is 4.39. The van der Waals surface area contributed by atoms with Crippen LogP contribution in [0.4, 0.5) is 11.4 Å². The molecule has 0 radical (unpaired) electrons. The minimum Gasteiger partial charge on any atom is -0.266 e. The largest absolute Gasteiger partial charge is 0.266 e. The van der Waals surface area contributed by atoms with Gasteiger partial charge >= 0.3 is 0 Å². The number of pyridine rings is 1. The van der Waals surface area contributed by atoms with E-state index in [0.717, 1.165) is 23.3 Å². The molecule has 0 unspecified atom stereocenters. The zero-order valence-electron chi connectivity index (χ0n) is 10.7. The zero-order chi connectivity index (χ0) is 13.5. The maximum atomic E-state index is 6.48. The molecule has 0 saturated heterocycles. The second-order valence-electron chi connectivity index (χ2n) is 4.81. The van der Waals surface area contributed by atoms with E-state index in [9.17, 15) is 0 Å². The van der Waals surface area contributed by atoms with Crippen LogP contribution in [0.25, 0.3) is 10.8 Å². The maximum Gasteiger partial charge on any atom is 0.0820 e. The Morgan fingerprint density at radius 1 is 1.00 bits per heavy atom. The van der Waals surface area contributed by atoms with Gasteiger partial charge in [-0.1, -0.05) is 24.3 Å². The van der Waals surface area contributed by atoms with Crippen LogP contribution in [0.2, 0.25) is 0 Å².